The molecule has 0 aromatic heterocycles. The third-order valence-corrected chi connectivity index (χ3v) is 4.73. The van der Waals surface area contributed by atoms with E-state index < -0.39 is 6.04 Å². The van der Waals surface area contributed by atoms with Gasteiger partial charge >= 0.3 is 0 Å². The molecule has 7 nitrogen and oxygen atoms in total. The monoisotopic (exact) mass is 343 g/mol. The number of nitrogens with zero attached hydrogens (tertiary/aromatic N) is 3. The van der Waals surface area contributed by atoms with Crippen LogP contribution >= 0.6 is 0 Å². The molecule has 0 saturated carbocycles. The molecule has 0 spiro atoms. The van der Waals surface area contributed by atoms with Gasteiger partial charge in [-0.1, -0.05) is 25.1 Å². The second kappa shape index (κ2) is 7.65. The molecule has 1 fully saturated rings. The molecule has 2 heterocycles. The standard InChI is InChI=1S/C18H25N5O2/c1-3-22-8-10-23(11-9-22)18-20-15(12-16(24)21-18)17(25)19-14-7-5-4-6-13(14)2/h4-7,15H,3,8-12H2,1-2H3,(H,19,25)(H,20,21,24). The summed E-state index contributed by atoms with van der Waals surface area (Å²) in [6.45, 7) is 8.58. The number of guanidine groups is 1. The largest absolute Gasteiger partial charge is 0.340 e. The number of nitrogens with one attached hydrogen (secondary N) is 2. The minimum Gasteiger partial charge on any atom is -0.340 e. The first kappa shape index (κ1) is 17.4. The highest BCUT2D eigenvalue weighted by Gasteiger charge is 2.30. The van der Waals surface area contributed by atoms with Crippen molar-refractivity contribution in [2.24, 2.45) is 4.99 Å². The van der Waals surface area contributed by atoms with E-state index in [-0.39, 0.29) is 18.2 Å². The maximum atomic E-state index is 12.6. The summed E-state index contributed by atoms with van der Waals surface area (Å²) in [7, 11) is 0. The molecule has 25 heavy (non-hydrogen) atoms. The number of likely N-dealkylation sites (N-methyl/N-ethyl adjacent to an activating group) is 1. The fourth-order valence-electron chi connectivity index (χ4n) is 3.09. The van der Waals surface area contributed by atoms with E-state index in [0.29, 0.717) is 5.96 Å². The summed E-state index contributed by atoms with van der Waals surface area (Å²) < 4.78 is 0. The minimum absolute atomic E-state index is 0.0795. The van der Waals surface area contributed by atoms with Crippen molar-refractivity contribution in [3.05, 3.63) is 29.8 Å². The van der Waals surface area contributed by atoms with Crippen LogP contribution in [-0.2, 0) is 9.59 Å². The molecule has 0 bridgehead atoms. The highest BCUT2D eigenvalue weighted by molar-refractivity contribution is 6.06. The van der Waals surface area contributed by atoms with Gasteiger partial charge in [0.05, 0.1) is 6.42 Å². The summed E-state index contributed by atoms with van der Waals surface area (Å²) in [6.07, 6.45) is 0.0795. The van der Waals surface area contributed by atoms with Gasteiger partial charge in [0.1, 0.15) is 6.04 Å². The molecule has 2 amide bonds. The normalized spacial score (nSPS) is 21.5. The lowest BCUT2D eigenvalue weighted by Gasteiger charge is -2.37. The number of para-hydroxylation sites is 1. The number of hydrogen-bond donors (Lipinski definition) is 2. The molecule has 2 aliphatic rings. The van der Waals surface area contributed by atoms with Gasteiger partial charge in [-0.2, -0.15) is 0 Å². The first-order valence-corrected chi connectivity index (χ1v) is 8.78. The molecule has 1 unspecified atom stereocenters. The topological polar surface area (TPSA) is 77.0 Å². The Bertz CT molecular complexity index is 680. The first-order chi connectivity index (χ1) is 12.1. The number of benzene rings is 1. The van der Waals surface area contributed by atoms with Gasteiger partial charge < -0.3 is 15.1 Å². The van der Waals surface area contributed by atoms with Crippen molar-refractivity contribution in [3.63, 3.8) is 0 Å². The van der Waals surface area contributed by atoms with E-state index in [1.807, 2.05) is 31.2 Å². The van der Waals surface area contributed by atoms with Crippen LogP contribution in [-0.4, -0.2) is 66.3 Å². The number of piperazine rings is 1. The van der Waals surface area contributed by atoms with Gasteiger partial charge in [0.25, 0.3) is 0 Å². The van der Waals surface area contributed by atoms with Crippen LogP contribution in [0.1, 0.15) is 18.9 Å². The maximum Gasteiger partial charge on any atom is 0.249 e. The number of aliphatic imine (C=N–C) groups is 1. The molecule has 3 rings (SSSR count). The zero-order valence-electron chi connectivity index (χ0n) is 14.8. The first-order valence-electron chi connectivity index (χ1n) is 8.78. The molecule has 1 aromatic carbocycles. The van der Waals surface area contributed by atoms with Crippen molar-refractivity contribution in [3.8, 4) is 0 Å². The Balaban J connectivity index is 1.69. The third kappa shape index (κ3) is 4.17. The summed E-state index contributed by atoms with van der Waals surface area (Å²) in [4.78, 5) is 33.5. The zero-order valence-corrected chi connectivity index (χ0v) is 14.8. The third-order valence-electron chi connectivity index (χ3n) is 4.73. The summed E-state index contributed by atoms with van der Waals surface area (Å²) in [5.74, 6) is 0.124. The van der Waals surface area contributed by atoms with Crippen molar-refractivity contribution in [2.75, 3.05) is 38.0 Å². The fraction of sp³-hybridized carbons (Fsp3) is 0.500. The number of aryl methyl sites for hydroxylation is 1. The second-order valence-electron chi connectivity index (χ2n) is 6.45. The summed E-state index contributed by atoms with van der Waals surface area (Å²) in [5.41, 5.74) is 1.74. The lowest BCUT2D eigenvalue weighted by Crippen LogP contribution is -2.56. The summed E-state index contributed by atoms with van der Waals surface area (Å²) in [6, 6.07) is 6.90. The maximum absolute atomic E-state index is 12.6. The van der Waals surface area contributed by atoms with Gasteiger partial charge in [0, 0.05) is 31.9 Å². The van der Waals surface area contributed by atoms with E-state index in [1.54, 1.807) is 0 Å². The van der Waals surface area contributed by atoms with E-state index in [4.69, 9.17) is 0 Å². The summed E-state index contributed by atoms with van der Waals surface area (Å²) >= 11 is 0. The van der Waals surface area contributed by atoms with Crippen molar-refractivity contribution < 1.29 is 9.59 Å². The number of rotatable bonds is 3. The Labute approximate surface area is 148 Å². The predicted molar refractivity (Wildman–Crippen MR) is 97.5 cm³/mol. The van der Waals surface area contributed by atoms with Crippen LogP contribution in [0.2, 0.25) is 0 Å². The van der Waals surface area contributed by atoms with E-state index in [9.17, 15) is 9.59 Å². The van der Waals surface area contributed by atoms with Gasteiger partial charge in [-0.05, 0) is 25.1 Å². The van der Waals surface area contributed by atoms with E-state index >= 15 is 0 Å². The molecule has 2 aliphatic heterocycles. The van der Waals surface area contributed by atoms with Crippen LogP contribution < -0.4 is 10.6 Å². The minimum atomic E-state index is -0.687. The molecule has 1 saturated heterocycles. The molecular weight excluding hydrogens is 318 g/mol. The van der Waals surface area contributed by atoms with Crippen LogP contribution in [0.4, 0.5) is 5.69 Å². The molecule has 7 heteroatoms. The Morgan fingerprint density at radius 3 is 2.68 bits per heavy atom. The molecule has 134 valence electrons. The average Bonchev–Trinajstić information content (AvgIpc) is 2.63. The molecular formula is C18H25N5O2. The number of hydrogen-bond acceptors (Lipinski definition) is 5. The Morgan fingerprint density at radius 1 is 1.28 bits per heavy atom. The van der Waals surface area contributed by atoms with Crippen LogP contribution in [0, 0.1) is 6.92 Å². The second-order valence-corrected chi connectivity index (χ2v) is 6.45. The number of amides is 2. The van der Waals surface area contributed by atoms with Gasteiger partial charge in [0.15, 0.2) is 0 Å². The average molecular weight is 343 g/mol. The number of carbonyl (C=O) groups excluding carboxylic acids is 2. The number of carbonyl (C=O) groups is 2. The zero-order chi connectivity index (χ0) is 17.8. The van der Waals surface area contributed by atoms with Gasteiger partial charge in [-0.25, -0.2) is 4.99 Å². The Kier molecular flexibility index (Phi) is 5.33. The molecule has 2 N–H and O–H groups in total. The lowest BCUT2D eigenvalue weighted by atomic mass is 10.1. The van der Waals surface area contributed by atoms with Crippen molar-refractivity contribution >= 4 is 23.5 Å². The van der Waals surface area contributed by atoms with Crippen LogP contribution in [0.15, 0.2) is 29.3 Å². The van der Waals surface area contributed by atoms with Gasteiger partial charge in [-0.15, -0.1) is 0 Å². The molecule has 0 aliphatic carbocycles. The quantitative estimate of drug-likeness (QED) is 0.852. The highest BCUT2D eigenvalue weighted by atomic mass is 16.2. The van der Waals surface area contributed by atoms with Crippen LogP contribution in [0.5, 0.6) is 0 Å². The molecule has 1 aromatic rings. The Hall–Kier alpha value is -2.41. The predicted octanol–water partition coefficient (Wildman–Crippen LogP) is 0.816. The van der Waals surface area contributed by atoms with E-state index in [0.717, 1.165) is 44.0 Å². The van der Waals surface area contributed by atoms with Crippen LogP contribution in [0.3, 0.4) is 0 Å². The van der Waals surface area contributed by atoms with E-state index in [1.165, 1.54) is 0 Å². The smallest absolute Gasteiger partial charge is 0.249 e. The lowest BCUT2D eigenvalue weighted by molar-refractivity contribution is -0.125. The van der Waals surface area contributed by atoms with Crippen molar-refractivity contribution in [1.29, 1.82) is 0 Å². The number of anilines is 1. The van der Waals surface area contributed by atoms with Gasteiger partial charge in [0.2, 0.25) is 17.8 Å². The molecule has 1 atom stereocenters. The molecule has 0 radical (unpaired) electrons. The van der Waals surface area contributed by atoms with Gasteiger partial charge in [-0.3, -0.25) is 14.9 Å². The fourth-order valence-corrected chi connectivity index (χ4v) is 3.09. The highest BCUT2D eigenvalue weighted by Crippen LogP contribution is 2.16. The SMILES string of the molecule is CCN1CCN(C2=NC(C(=O)Nc3ccccc3C)CC(=O)N2)CC1. The van der Waals surface area contributed by atoms with Crippen molar-refractivity contribution in [1.82, 2.24) is 15.1 Å². The summed E-state index contributed by atoms with van der Waals surface area (Å²) in [5, 5.41) is 5.70. The van der Waals surface area contributed by atoms with Crippen molar-refractivity contribution in [2.45, 2.75) is 26.3 Å². The van der Waals surface area contributed by atoms with Crippen LogP contribution in [0.25, 0.3) is 0 Å². The Morgan fingerprint density at radius 2 is 2.00 bits per heavy atom. The van der Waals surface area contributed by atoms with E-state index in [2.05, 4.69) is 32.3 Å².